The molecule has 0 fully saturated rings. The van der Waals surface area contributed by atoms with Gasteiger partial charge in [-0.3, -0.25) is 0 Å². The summed E-state index contributed by atoms with van der Waals surface area (Å²) in [6.45, 7) is 0. The van der Waals surface area contributed by atoms with Crippen molar-refractivity contribution in [2.75, 3.05) is 18.6 Å². The van der Waals surface area contributed by atoms with Crippen LogP contribution in [0.1, 0.15) is 0 Å². The first-order valence-electron chi connectivity index (χ1n) is 3.04. The molecular formula is C7H9BrN2O. The molecule has 1 rings (SSSR count). The lowest BCUT2D eigenvalue weighted by Crippen LogP contribution is -1.98. The van der Waals surface area contributed by atoms with Crippen molar-refractivity contribution >= 4 is 27.3 Å². The third-order valence-corrected chi connectivity index (χ3v) is 2.01. The number of hydrogen-bond acceptors (Lipinski definition) is 3. The first-order valence-corrected chi connectivity index (χ1v) is 3.83. The Kier molecular flexibility index (Phi) is 2.24. The first kappa shape index (κ1) is 8.20. The molecule has 0 aliphatic carbocycles. The van der Waals surface area contributed by atoms with Gasteiger partial charge in [0.05, 0.1) is 23.0 Å². The fourth-order valence-electron chi connectivity index (χ4n) is 0.796. The van der Waals surface area contributed by atoms with Crippen molar-refractivity contribution in [2.24, 2.45) is 0 Å². The zero-order valence-electron chi connectivity index (χ0n) is 6.10. The number of hydrogen-bond donors (Lipinski definition) is 2. The SMILES string of the molecule is COc1c(Br)ccc(N)c1N. The topological polar surface area (TPSA) is 61.3 Å². The molecule has 0 aliphatic heterocycles. The highest BCUT2D eigenvalue weighted by Crippen LogP contribution is 2.34. The number of nitrogen functional groups attached to an aromatic ring is 2. The van der Waals surface area contributed by atoms with Gasteiger partial charge in [0.25, 0.3) is 0 Å². The Morgan fingerprint density at radius 2 is 2.00 bits per heavy atom. The van der Waals surface area contributed by atoms with Crippen LogP contribution in [0.4, 0.5) is 11.4 Å². The van der Waals surface area contributed by atoms with Gasteiger partial charge in [-0.05, 0) is 28.1 Å². The number of anilines is 2. The first-order chi connectivity index (χ1) is 5.16. The Balaban J connectivity index is 3.29. The summed E-state index contributed by atoms with van der Waals surface area (Å²) in [5, 5.41) is 0. The van der Waals surface area contributed by atoms with E-state index in [9.17, 15) is 0 Å². The van der Waals surface area contributed by atoms with Gasteiger partial charge in [-0.15, -0.1) is 0 Å². The maximum absolute atomic E-state index is 5.61. The molecule has 0 aromatic heterocycles. The van der Waals surface area contributed by atoms with Gasteiger partial charge >= 0.3 is 0 Å². The van der Waals surface area contributed by atoms with Crippen molar-refractivity contribution < 1.29 is 4.74 Å². The summed E-state index contributed by atoms with van der Waals surface area (Å²) in [6, 6.07) is 3.52. The number of halogens is 1. The van der Waals surface area contributed by atoms with Crippen LogP contribution in [0, 0.1) is 0 Å². The molecule has 0 spiro atoms. The maximum atomic E-state index is 5.61. The molecule has 0 heterocycles. The Morgan fingerprint density at radius 1 is 1.36 bits per heavy atom. The van der Waals surface area contributed by atoms with Crippen molar-refractivity contribution in [3.8, 4) is 5.75 Å². The lowest BCUT2D eigenvalue weighted by atomic mass is 10.2. The van der Waals surface area contributed by atoms with Crippen LogP contribution in [-0.4, -0.2) is 7.11 Å². The fraction of sp³-hybridized carbons (Fsp3) is 0.143. The molecule has 0 aliphatic rings. The fourth-order valence-corrected chi connectivity index (χ4v) is 1.30. The zero-order chi connectivity index (χ0) is 8.43. The molecule has 0 saturated heterocycles. The van der Waals surface area contributed by atoms with Gasteiger partial charge in [-0.2, -0.15) is 0 Å². The predicted molar refractivity (Wildman–Crippen MR) is 49.5 cm³/mol. The lowest BCUT2D eigenvalue weighted by molar-refractivity contribution is 0.414. The molecule has 11 heavy (non-hydrogen) atoms. The minimum atomic E-state index is 0.474. The summed E-state index contributed by atoms with van der Waals surface area (Å²) in [4.78, 5) is 0. The van der Waals surface area contributed by atoms with E-state index in [4.69, 9.17) is 16.2 Å². The van der Waals surface area contributed by atoms with Crippen LogP contribution in [0.2, 0.25) is 0 Å². The molecule has 4 N–H and O–H groups in total. The number of nitrogens with two attached hydrogens (primary N) is 2. The van der Waals surface area contributed by atoms with Crippen molar-refractivity contribution in [3.05, 3.63) is 16.6 Å². The van der Waals surface area contributed by atoms with E-state index in [0.717, 1.165) is 4.47 Å². The molecule has 3 nitrogen and oxygen atoms in total. The van der Waals surface area contributed by atoms with Gasteiger partial charge in [0.2, 0.25) is 0 Å². The van der Waals surface area contributed by atoms with Crippen molar-refractivity contribution in [1.29, 1.82) is 0 Å². The van der Waals surface area contributed by atoms with Crippen LogP contribution < -0.4 is 16.2 Å². The second-order valence-corrected chi connectivity index (χ2v) is 2.94. The maximum Gasteiger partial charge on any atom is 0.158 e. The van der Waals surface area contributed by atoms with E-state index in [1.165, 1.54) is 0 Å². The summed E-state index contributed by atoms with van der Waals surface area (Å²) in [5.74, 6) is 0.588. The van der Waals surface area contributed by atoms with E-state index in [1.807, 2.05) is 0 Å². The molecule has 0 radical (unpaired) electrons. The summed E-state index contributed by atoms with van der Waals surface area (Å²) in [5.41, 5.74) is 12.2. The molecular weight excluding hydrogens is 208 g/mol. The van der Waals surface area contributed by atoms with E-state index < -0.39 is 0 Å². The number of ether oxygens (including phenoxy) is 1. The van der Waals surface area contributed by atoms with Crippen molar-refractivity contribution in [1.82, 2.24) is 0 Å². The highest BCUT2D eigenvalue weighted by molar-refractivity contribution is 9.10. The molecule has 0 atom stereocenters. The molecule has 0 amide bonds. The third kappa shape index (κ3) is 1.40. The van der Waals surface area contributed by atoms with Gasteiger partial charge in [-0.25, -0.2) is 0 Å². The second-order valence-electron chi connectivity index (χ2n) is 2.08. The van der Waals surface area contributed by atoms with E-state index >= 15 is 0 Å². The Bertz CT molecular complexity index is 275. The normalized spacial score (nSPS) is 9.64. The molecule has 4 heteroatoms. The van der Waals surface area contributed by atoms with E-state index in [2.05, 4.69) is 15.9 Å². The van der Waals surface area contributed by atoms with Crippen LogP contribution in [0.15, 0.2) is 16.6 Å². The molecule has 1 aromatic rings. The minimum Gasteiger partial charge on any atom is -0.493 e. The zero-order valence-corrected chi connectivity index (χ0v) is 7.68. The summed E-state index contributed by atoms with van der Waals surface area (Å²) in [6.07, 6.45) is 0. The lowest BCUT2D eigenvalue weighted by Gasteiger charge is -2.07. The second kappa shape index (κ2) is 3.00. The van der Waals surface area contributed by atoms with Crippen molar-refractivity contribution in [2.45, 2.75) is 0 Å². The average Bonchev–Trinajstić information content (AvgIpc) is 1.99. The van der Waals surface area contributed by atoms with E-state index in [1.54, 1.807) is 19.2 Å². The van der Waals surface area contributed by atoms with E-state index in [0.29, 0.717) is 17.1 Å². The van der Waals surface area contributed by atoms with Crippen LogP contribution in [0.3, 0.4) is 0 Å². The van der Waals surface area contributed by atoms with Gasteiger partial charge in [0.1, 0.15) is 0 Å². The molecule has 1 aromatic carbocycles. The van der Waals surface area contributed by atoms with Gasteiger partial charge < -0.3 is 16.2 Å². The van der Waals surface area contributed by atoms with Crippen LogP contribution in [0.25, 0.3) is 0 Å². The highest BCUT2D eigenvalue weighted by atomic mass is 79.9. The predicted octanol–water partition coefficient (Wildman–Crippen LogP) is 1.62. The van der Waals surface area contributed by atoms with Crippen molar-refractivity contribution in [3.63, 3.8) is 0 Å². The number of rotatable bonds is 1. The molecule has 0 saturated carbocycles. The average molecular weight is 217 g/mol. The molecule has 0 bridgehead atoms. The van der Waals surface area contributed by atoms with Crippen LogP contribution in [-0.2, 0) is 0 Å². The smallest absolute Gasteiger partial charge is 0.158 e. The summed E-state index contributed by atoms with van der Waals surface area (Å²) in [7, 11) is 1.55. The highest BCUT2D eigenvalue weighted by Gasteiger charge is 2.06. The molecule has 0 unspecified atom stereocenters. The summed E-state index contributed by atoms with van der Waals surface area (Å²) < 4.78 is 5.82. The Morgan fingerprint density at radius 3 is 2.45 bits per heavy atom. The third-order valence-electron chi connectivity index (χ3n) is 1.39. The monoisotopic (exact) mass is 216 g/mol. The largest absolute Gasteiger partial charge is 0.493 e. The number of methoxy groups -OCH3 is 1. The summed E-state index contributed by atoms with van der Waals surface area (Å²) >= 11 is 3.28. The minimum absolute atomic E-state index is 0.474. The van der Waals surface area contributed by atoms with Crippen LogP contribution in [0.5, 0.6) is 5.75 Å². The Hall–Kier alpha value is -0.900. The Labute approximate surface area is 73.5 Å². The standard InChI is InChI=1S/C7H9BrN2O/c1-11-7-4(8)2-3-5(9)6(7)10/h2-3H,9-10H2,1H3. The van der Waals surface area contributed by atoms with Gasteiger partial charge in [0, 0.05) is 0 Å². The van der Waals surface area contributed by atoms with Gasteiger partial charge in [0.15, 0.2) is 5.75 Å². The van der Waals surface area contributed by atoms with Crippen LogP contribution >= 0.6 is 15.9 Å². The quantitative estimate of drug-likeness (QED) is 0.702. The van der Waals surface area contributed by atoms with Gasteiger partial charge in [-0.1, -0.05) is 0 Å². The number of benzene rings is 1. The molecule has 60 valence electrons. The van der Waals surface area contributed by atoms with E-state index in [-0.39, 0.29) is 0 Å².